The molecule has 0 spiro atoms. The smallest absolute Gasteiger partial charge is 0.251 e. The molecule has 0 fully saturated rings. The van der Waals surface area contributed by atoms with E-state index in [2.05, 4.69) is 38.3 Å². The van der Waals surface area contributed by atoms with Crippen molar-refractivity contribution >= 4 is 12.1 Å². The van der Waals surface area contributed by atoms with Crippen LogP contribution in [-0.4, -0.2) is 40.0 Å². The maximum atomic E-state index is 12.6. The van der Waals surface area contributed by atoms with Crippen LogP contribution < -0.4 is 5.32 Å². The monoisotopic (exact) mass is 395 g/mol. The summed E-state index contributed by atoms with van der Waals surface area (Å²) in [6.45, 7) is 1.38. The fraction of sp³-hybridized carbons (Fsp3) is 0.167. The summed E-state index contributed by atoms with van der Waals surface area (Å²) in [4.78, 5) is 21.0. The number of aromatic nitrogens is 3. The van der Waals surface area contributed by atoms with Crippen LogP contribution in [0.4, 0.5) is 0 Å². The van der Waals surface area contributed by atoms with Crippen molar-refractivity contribution in [2.75, 3.05) is 13.1 Å². The maximum absolute atomic E-state index is 12.6. The fourth-order valence-corrected chi connectivity index (χ4v) is 3.11. The Morgan fingerprint density at radius 1 is 1.13 bits per heavy atom. The number of nitrogens with zero attached hydrogens (tertiary/aromatic N) is 4. The second-order valence-electron chi connectivity index (χ2n) is 6.78. The average Bonchev–Trinajstić information content (AvgIpc) is 3.50. The van der Waals surface area contributed by atoms with Gasteiger partial charge < -0.3 is 5.32 Å². The molecule has 4 rings (SSSR count). The van der Waals surface area contributed by atoms with Gasteiger partial charge in [-0.3, -0.25) is 9.79 Å². The minimum absolute atomic E-state index is 0.114. The van der Waals surface area contributed by atoms with Crippen LogP contribution in [0, 0.1) is 11.8 Å². The molecule has 0 radical (unpaired) electrons. The molecule has 1 aliphatic rings. The van der Waals surface area contributed by atoms with E-state index in [9.17, 15) is 4.79 Å². The summed E-state index contributed by atoms with van der Waals surface area (Å²) in [6, 6.07) is 12.9. The molecule has 0 bridgehead atoms. The van der Waals surface area contributed by atoms with E-state index < -0.39 is 0 Å². The minimum Gasteiger partial charge on any atom is -0.352 e. The van der Waals surface area contributed by atoms with Crippen molar-refractivity contribution in [1.29, 1.82) is 0 Å². The van der Waals surface area contributed by atoms with E-state index in [1.165, 1.54) is 5.57 Å². The van der Waals surface area contributed by atoms with Crippen molar-refractivity contribution in [3.05, 3.63) is 89.5 Å². The van der Waals surface area contributed by atoms with Gasteiger partial charge in [0.2, 0.25) is 0 Å². The van der Waals surface area contributed by atoms with Crippen LogP contribution in [0.5, 0.6) is 0 Å². The third-order valence-electron chi connectivity index (χ3n) is 4.64. The van der Waals surface area contributed by atoms with E-state index in [1.54, 1.807) is 29.2 Å². The molecule has 1 aromatic carbocycles. The van der Waals surface area contributed by atoms with E-state index in [-0.39, 0.29) is 5.91 Å². The topological polar surface area (TPSA) is 72.2 Å². The van der Waals surface area contributed by atoms with Crippen molar-refractivity contribution in [2.24, 2.45) is 4.99 Å². The molecule has 0 saturated heterocycles. The van der Waals surface area contributed by atoms with Crippen LogP contribution in [0.2, 0.25) is 0 Å². The number of carbonyl (C=O) groups is 1. The Morgan fingerprint density at radius 3 is 2.87 bits per heavy atom. The summed E-state index contributed by atoms with van der Waals surface area (Å²) >= 11 is 0. The number of rotatable bonds is 6. The van der Waals surface area contributed by atoms with Crippen molar-refractivity contribution in [1.82, 2.24) is 20.1 Å². The predicted octanol–water partition coefficient (Wildman–Crippen LogP) is 3.19. The highest BCUT2D eigenvalue weighted by atomic mass is 16.1. The number of benzene rings is 1. The molecule has 3 aromatic rings. The highest BCUT2D eigenvalue weighted by Gasteiger charge is 2.10. The predicted molar refractivity (Wildman–Crippen MR) is 117 cm³/mol. The molecular weight excluding hydrogens is 374 g/mol. The van der Waals surface area contributed by atoms with E-state index >= 15 is 0 Å². The minimum atomic E-state index is -0.114. The van der Waals surface area contributed by atoms with Crippen molar-refractivity contribution in [3.63, 3.8) is 0 Å². The number of carbonyl (C=O) groups excluding carboxylic acids is 1. The molecule has 1 aliphatic heterocycles. The molecule has 2 aromatic heterocycles. The van der Waals surface area contributed by atoms with Crippen molar-refractivity contribution < 1.29 is 4.79 Å². The SMILES string of the molecule is O=C(NCCCC1=CCN=C1)c1ccc(-n2cccn2)c(C#Cc2ccccn2)c1. The summed E-state index contributed by atoms with van der Waals surface area (Å²) < 4.78 is 1.74. The van der Waals surface area contributed by atoms with E-state index in [0.717, 1.165) is 25.1 Å². The molecule has 148 valence electrons. The third kappa shape index (κ3) is 4.89. The second-order valence-corrected chi connectivity index (χ2v) is 6.78. The molecule has 0 aliphatic carbocycles. The highest BCUT2D eigenvalue weighted by molar-refractivity contribution is 5.95. The van der Waals surface area contributed by atoms with Gasteiger partial charge >= 0.3 is 0 Å². The van der Waals surface area contributed by atoms with E-state index in [0.29, 0.717) is 23.4 Å². The first-order valence-electron chi connectivity index (χ1n) is 9.84. The lowest BCUT2D eigenvalue weighted by Crippen LogP contribution is -2.24. The zero-order valence-corrected chi connectivity index (χ0v) is 16.5. The van der Waals surface area contributed by atoms with Gasteiger partial charge in [0.05, 0.1) is 17.8 Å². The Bertz CT molecular complexity index is 1140. The van der Waals surface area contributed by atoms with Crippen LogP contribution in [0.1, 0.15) is 34.5 Å². The quantitative estimate of drug-likeness (QED) is 0.515. The van der Waals surface area contributed by atoms with Gasteiger partial charge in [0.25, 0.3) is 5.91 Å². The normalized spacial score (nSPS) is 12.2. The number of amides is 1. The van der Waals surface area contributed by atoms with Gasteiger partial charge in [-0.25, -0.2) is 9.67 Å². The number of allylic oxidation sites excluding steroid dienone is 1. The Kier molecular flexibility index (Phi) is 6.11. The van der Waals surface area contributed by atoms with Crippen molar-refractivity contribution in [3.8, 4) is 17.5 Å². The van der Waals surface area contributed by atoms with Gasteiger partial charge in [0, 0.05) is 36.9 Å². The van der Waals surface area contributed by atoms with Gasteiger partial charge in [0.1, 0.15) is 5.69 Å². The molecule has 0 atom stereocenters. The molecule has 1 N–H and O–H groups in total. The summed E-state index contributed by atoms with van der Waals surface area (Å²) in [5.74, 6) is 6.09. The van der Waals surface area contributed by atoms with Crippen LogP contribution in [0.25, 0.3) is 5.69 Å². The number of hydrogen-bond acceptors (Lipinski definition) is 4. The maximum Gasteiger partial charge on any atom is 0.251 e. The van der Waals surface area contributed by atoms with Gasteiger partial charge in [-0.1, -0.05) is 18.1 Å². The van der Waals surface area contributed by atoms with Crippen LogP contribution in [0.3, 0.4) is 0 Å². The lowest BCUT2D eigenvalue weighted by Gasteiger charge is -2.09. The van der Waals surface area contributed by atoms with Gasteiger partial charge in [-0.05, 0) is 60.7 Å². The first kappa shape index (κ1) is 19.3. The molecule has 0 unspecified atom stereocenters. The Hall–Kier alpha value is -3.98. The molecule has 1 amide bonds. The summed E-state index contributed by atoms with van der Waals surface area (Å²) in [5, 5.41) is 7.28. The van der Waals surface area contributed by atoms with Crippen LogP contribution in [-0.2, 0) is 0 Å². The highest BCUT2D eigenvalue weighted by Crippen LogP contribution is 2.16. The van der Waals surface area contributed by atoms with Crippen molar-refractivity contribution in [2.45, 2.75) is 12.8 Å². The first-order valence-corrected chi connectivity index (χ1v) is 9.84. The first-order chi connectivity index (χ1) is 14.8. The summed E-state index contributed by atoms with van der Waals surface area (Å²) in [6.07, 6.45) is 11.1. The van der Waals surface area contributed by atoms with E-state index in [1.807, 2.05) is 42.7 Å². The number of nitrogens with one attached hydrogen (secondary N) is 1. The Labute approximate surface area is 175 Å². The van der Waals surface area contributed by atoms with E-state index in [4.69, 9.17) is 0 Å². The fourth-order valence-electron chi connectivity index (χ4n) is 3.11. The lowest BCUT2D eigenvalue weighted by molar-refractivity contribution is 0.0953. The zero-order valence-electron chi connectivity index (χ0n) is 16.5. The molecule has 3 heterocycles. The summed E-state index contributed by atoms with van der Waals surface area (Å²) in [5.41, 5.74) is 4.00. The van der Waals surface area contributed by atoms with Gasteiger partial charge in [-0.2, -0.15) is 5.10 Å². The zero-order chi connectivity index (χ0) is 20.6. The molecule has 0 saturated carbocycles. The van der Waals surface area contributed by atoms with Gasteiger partial charge in [0.15, 0.2) is 0 Å². The molecule has 6 heteroatoms. The van der Waals surface area contributed by atoms with Gasteiger partial charge in [-0.15, -0.1) is 0 Å². The largest absolute Gasteiger partial charge is 0.352 e. The number of pyridine rings is 1. The molecule has 6 nitrogen and oxygen atoms in total. The van der Waals surface area contributed by atoms with Crippen LogP contribution >= 0.6 is 0 Å². The standard InChI is InChI=1S/C24H21N5O/c30-24(27-13-3-5-19-11-15-25-18-19)21-8-10-23(29-16-4-14-28-29)20(17-21)7-9-22-6-1-2-12-26-22/h1-2,4,6,8,10-12,14,16-18H,3,5,13,15H2,(H,27,30). The molecular formula is C24H21N5O. The second kappa shape index (κ2) is 9.48. The Morgan fingerprint density at radius 2 is 2.10 bits per heavy atom. The average molecular weight is 395 g/mol. The number of aliphatic imine (C=N–C) groups is 1. The van der Waals surface area contributed by atoms with Crippen LogP contribution in [0.15, 0.2) is 77.7 Å². The molecule has 30 heavy (non-hydrogen) atoms. The Balaban J connectivity index is 1.50. The number of hydrogen-bond donors (Lipinski definition) is 1. The lowest BCUT2D eigenvalue weighted by atomic mass is 10.1. The summed E-state index contributed by atoms with van der Waals surface area (Å²) in [7, 11) is 0. The third-order valence-corrected chi connectivity index (χ3v) is 4.64.